The van der Waals surface area contributed by atoms with Crippen molar-refractivity contribution in [1.82, 2.24) is 5.32 Å². The SMILES string of the molecule is CCCCCCCC/C=C\CCCCCCCCCCCC(=O)OCCCCCCCCCCCCCCCCCCCCCCCC(=O)NC(CO)C(O)CCCCCCCCCCCCCCCCCC. The van der Waals surface area contributed by atoms with Crippen LogP contribution in [0.1, 0.15) is 380 Å². The summed E-state index contributed by atoms with van der Waals surface area (Å²) in [6.07, 6.45) is 76.6. The van der Waals surface area contributed by atoms with Gasteiger partial charge in [0.15, 0.2) is 0 Å². The molecule has 434 valence electrons. The molecule has 0 heterocycles. The Bertz CT molecular complexity index is 1100. The van der Waals surface area contributed by atoms with Crippen LogP contribution in [0.3, 0.4) is 0 Å². The Labute approximate surface area is 457 Å². The number of hydrogen-bond donors (Lipinski definition) is 3. The van der Waals surface area contributed by atoms with Gasteiger partial charge in [-0.2, -0.15) is 0 Å². The van der Waals surface area contributed by atoms with Gasteiger partial charge in [-0.15, -0.1) is 0 Å². The van der Waals surface area contributed by atoms with Gasteiger partial charge in [0.25, 0.3) is 0 Å². The van der Waals surface area contributed by atoms with Crippen molar-refractivity contribution in [3.05, 3.63) is 12.2 Å². The maximum atomic E-state index is 12.5. The predicted molar refractivity (Wildman–Crippen MR) is 320 cm³/mol. The molecule has 0 aliphatic heterocycles. The second kappa shape index (κ2) is 63.1. The number of ether oxygens (including phenoxy) is 1. The molecule has 0 spiro atoms. The fourth-order valence-corrected chi connectivity index (χ4v) is 10.7. The van der Waals surface area contributed by atoms with Crippen LogP contribution >= 0.6 is 0 Å². The van der Waals surface area contributed by atoms with E-state index in [-0.39, 0.29) is 18.5 Å². The minimum atomic E-state index is -0.664. The highest BCUT2D eigenvalue weighted by Gasteiger charge is 2.20. The largest absolute Gasteiger partial charge is 0.466 e. The van der Waals surface area contributed by atoms with Crippen LogP contribution in [0.4, 0.5) is 0 Å². The first-order valence-electron chi connectivity index (χ1n) is 33.4. The van der Waals surface area contributed by atoms with Crippen LogP contribution in [-0.2, 0) is 14.3 Å². The summed E-state index contributed by atoms with van der Waals surface area (Å²) >= 11 is 0. The van der Waals surface area contributed by atoms with Gasteiger partial charge in [-0.05, 0) is 51.4 Å². The number of rotatable bonds is 63. The van der Waals surface area contributed by atoms with E-state index < -0.39 is 12.1 Å². The van der Waals surface area contributed by atoms with Gasteiger partial charge in [-0.25, -0.2) is 0 Å². The average molecular weight is 1030 g/mol. The lowest BCUT2D eigenvalue weighted by Crippen LogP contribution is -2.45. The Morgan fingerprint density at radius 2 is 0.644 bits per heavy atom. The number of allylic oxidation sites excluding steroid dienone is 2. The molecule has 0 bridgehead atoms. The van der Waals surface area contributed by atoms with Crippen molar-refractivity contribution in [1.29, 1.82) is 0 Å². The van der Waals surface area contributed by atoms with Crippen molar-refractivity contribution in [2.75, 3.05) is 13.2 Å². The summed E-state index contributed by atoms with van der Waals surface area (Å²) in [6.45, 7) is 4.98. The monoisotopic (exact) mass is 1030 g/mol. The third-order valence-corrected chi connectivity index (χ3v) is 15.8. The van der Waals surface area contributed by atoms with Crippen LogP contribution in [0.15, 0.2) is 12.2 Å². The number of aliphatic hydroxyl groups is 2. The molecule has 0 radical (unpaired) electrons. The van der Waals surface area contributed by atoms with Gasteiger partial charge in [-0.1, -0.05) is 328 Å². The maximum Gasteiger partial charge on any atom is 0.305 e. The highest BCUT2D eigenvalue weighted by atomic mass is 16.5. The van der Waals surface area contributed by atoms with Crippen molar-refractivity contribution in [3.63, 3.8) is 0 Å². The molecule has 3 N–H and O–H groups in total. The Morgan fingerprint density at radius 3 is 0.973 bits per heavy atom. The Morgan fingerprint density at radius 1 is 0.370 bits per heavy atom. The van der Waals surface area contributed by atoms with E-state index in [1.807, 2.05) is 0 Å². The van der Waals surface area contributed by atoms with E-state index in [0.29, 0.717) is 25.9 Å². The van der Waals surface area contributed by atoms with Crippen molar-refractivity contribution in [2.24, 2.45) is 0 Å². The third kappa shape index (κ3) is 59.7. The maximum absolute atomic E-state index is 12.5. The molecule has 1 amide bonds. The summed E-state index contributed by atoms with van der Waals surface area (Å²) in [5.74, 6) is -0.0199. The topological polar surface area (TPSA) is 95.9 Å². The molecule has 0 aromatic heterocycles. The van der Waals surface area contributed by atoms with Gasteiger partial charge in [0.1, 0.15) is 0 Å². The molecule has 0 aliphatic carbocycles. The molecular formula is C67H131NO5. The van der Waals surface area contributed by atoms with Gasteiger partial charge in [0, 0.05) is 12.8 Å². The first-order chi connectivity index (χ1) is 36.0. The lowest BCUT2D eigenvalue weighted by atomic mass is 10.0. The van der Waals surface area contributed by atoms with E-state index in [0.717, 1.165) is 44.9 Å². The molecule has 73 heavy (non-hydrogen) atoms. The molecule has 6 heteroatoms. The fourth-order valence-electron chi connectivity index (χ4n) is 10.7. The molecule has 0 saturated carbocycles. The Balaban J connectivity index is 3.36. The van der Waals surface area contributed by atoms with Crippen molar-refractivity contribution in [2.45, 2.75) is 392 Å². The van der Waals surface area contributed by atoms with E-state index in [4.69, 9.17) is 4.74 Å². The number of aliphatic hydroxyl groups excluding tert-OH is 2. The van der Waals surface area contributed by atoms with Gasteiger partial charge in [0.2, 0.25) is 5.91 Å². The highest BCUT2D eigenvalue weighted by molar-refractivity contribution is 5.76. The standard InChI is InChI=1S/C67H131NO5/c1-3-5-7-9-11-13-15-17-19-21-25-29-33-37-41-45-49-53-57-61-67(72)73-62-58-54-50-46-42-38-34-30-27-24-22-23-26-28-32-36-40-44-48-52-56-60-66(71)68-64(63-69)65(70)59-55-51-47-43-39-35-31-20-18-16-14-12-10-8-6-4-2/h17,19,64-65,69-70H,3-16,18,20-63H2,1-2H3,(H,68,71)/b19-17-. The zero-order chi connectivity index (χ0) is 52.9. The lowest BCUT2D eigenvalue weighted by Gasteiger charge is -2.22. The molecule has 0 fully saturated rings. The van der Waals surface area contributed by atoms with E-state index in [1.54, 1.807) is 0 Å². The molecule has 0 saturated heterocycles. The zero-order valence-corrected chi connectivity index (χ0v) is 49.6. The van der Waals surface area contributed by atoms with Crippen molar-refractivity contribution < 1.29 is 24.5 Å². The number of unbranched alkanes of at least 4 members (excludes halogenated alkanes) is 50. The van der Waals surface area contributed by atoms with Gasteiger partial charge < -0.3 is 20.3 Å². The van der Waals surface area contributed by atoms with Crippen LogP contribution in [0.5, 0.6) is 0 Å². The Kier molecular flexibility index (Phi) is 61.9. The second-order valence-corrected chi connectivity index (χ2v) is 23.2. The number of amides is 1. The summed E-state index contributed by atoms with van der Waals surface area (Å²) in [7, 11) is 0. The third-order valence-electron chi connectivity index (χ3n) is 15.8. The fraction of sp³-hybridized carbons (Fsp3) is 0.940. The highest BCUT2D eigenvalue weighted by Crippen LogP contribution is 2.19. The van der Waals surface area contributed by atoms with E-state index in [2.05, 4.69) is 31.3 Å². The van der Waals surface area contributed by atoms with Crippen LogP contribution in [0.25, 0.3) is 0 Å². The van der Waals surface area contributed by atoms with Crippen molar-refractivity contribution >= 4 is 11.9 Å². The van der Waals surface area contributed by atoms with Crippen LogP contribution < -0.4 is 5.32 Å². The van der Waals surface area contributed by atoms with Gasteiger partial charge in [-0.3, -0.25) is 9.59 Å². The summed E-state index contributed by atoms with van der Waals surface area (Å²) in [6, 6.07) is -0.542. The first-order valence-corrected chi connectivity index (χ1v) is 33.4. The predicted octanol–water partition coefficient (Wildman–Crippen LogP) is 21.2. The lowest BCUT2D eigenvalue weighted by molar-refractivity contribution is -0.143. The molecule has 2 atom stereocenters. The van der Waals surface area contributed by atoms with Crippen LogP contribution in [0.2, 0.25) is 0 Å². The van der Waals surface area contributed by atoms with Gasteiger partial charge >= 0.3 is 5.97 Å². The Hall–Kier alpha value is -1.40. The molecule has 0 aliphatic rings. The number of carbonyl (C=O) groups is 2. The van der Waals surface area contributed by atoms with Gasteiger partial charge in [0.05, 0.1) is 25.4 Å². The quantitative estimate of drug-likeness (QED) is 0.0320. The van der Waals surface area contributed by atoms with E-state index >= 15 is 0 Å². The second-order valence-electron chi connectivity index (χ2n) is 23.2. The van der Waals surface area contributed by atoms with Crippen LogP contribution in [-0.4, -0.2) is 47.4 Å². The van der Waals surface area contributed by atoms with Crippen LogP contribution in [0, 0.1) is 0 Å². The number of hydrogen-bond acceptors (Lipinski definition) is 5. The molecule has 2 unspecified atom stereocenters. The average Bonchev–Trinajstić information content (AvgIpc) is 3.39. The number of carbonyl (C=O) groups excluding carboxylic acids is 2. The number of nitrogens with one attached hydrogen (secondary N) is 1. The van der Waals surface area contributed by atoms with Crippen molar-refractivity contribution in [3.8, 4) is 0 Å². The number of esters is 1. The summed E-state index contributed by atoms with van der Waals surface area (Å²) in [4.78, 5) is 24.6. The molecule has 6 nitrogen and oxygen atoms in total. The molecular weight excluding hydrogens is 899 g/mol. The normalized spacial score (nSPS) is 12.5. The molecule has 0 aromatic carbocycles. The van der Waals surface area contributed by atoms with E-state index in [1.165, 1.54) is 302 Å². The summed E-state index contributed by atoms with van der Waals surface area (Å²) in [5, 5.41) is 23.3. The zero-order valence-electron chi connectivity index (χ0n) is 49.6. The first kappa shape index (κ1) is 71.6. The summed E-state index contributed by atoms with van der Waals surface area (Å²) < 4.78 is 5.51. The summed E-state index contributed by atoms with van der Waals surface area (Å²) in [5.41, 5.74) is 0. The minimum absolute atomic E-state index is 0.0127. The smallest absolute Gasteiger partial charge is 0.305 e. The minimum Gasteiger partial charge on any atom is -0.466 e. The molecule has 0 rings (SSSR count). The van der Waals surface area contributed by atoms with E-state index in [9.17, 15) is 19.8 Å². The molecule has 0 aromatic rings.